The van der Waals surface area contributed by atoms with Crippen LogP contribution < -0.4 is 10.1 Å². The van der Waals surface area contributed by atoms with E-state index in [2.05, 4.69) is 5.32 Å². The zero-order valence-corrected chi connectivity index (χ0v) is 15.8. The lowest BCUT2D eigenvalue weighted by Crippen LogP contribution is -2.22. The zero-order chi connectivity index (χ0) is 19.1. The van der Waals surface area contributed by atoms with E-state index in [0.29, 0.717) is 18.9 Å². The lowest BCUT2D eigenvalue weighted by atomic mass is 10.2. The first-order valence-corrected chi connectivity index (χ1v) is 10.0. The van der Waals surface area contributed by atoms with Crippen molar-refractivity contribution in [3.63, 3.8) is 0 Å². The molecule has 0 aliphatic carbocycles. The van der Waals surface area contributed by atoms with Crippen molar-refractivity contribution in [3.8, 4) is 5.75 Å². The Morgan fingerprint density at radius 2 is 1.78 bits per heavy atom. The van der Waals surface area contributed by atoms with Crippen molar-refractivity contribution in [1.29, 1.82) is 0 Å². The van der Waals surface area contributed by atoms with E-state index < -0.39 is 10.8 Å². The number of furan rings is 1. The van der Waals surface area contributed by atoms with Crippen LogP contribution in [-0.4, -0.2) is 16.7 Å². The van der Waals surface area contributed by atoms with E-state index in [1.165, 1.54) is 0 Å². The van der Waals surface area contributed by atoms with Crippen molar-refractivity contribution in [1.82, 2.24) is 5.32 Å². The van der Waals surface area contributed by atoms with E-state index in [9.17, 15) is 9.00 Å². The summed E-state index contributed by atoms with van der Waals surface area (Å²) in [4.78, 5) is 13.1. The quantitative estimate of drug-likeness (QED) is 0.640. The molecule has 0 aliphatic heterocycles. The molecule has 0 spiro atoms. The first-order chi connectivity index (χ1) is 13.2. The first-order valence-electron chi connectivity index (χ1n) is 8.68. The highest BCUT2D eigenvalue weighted by molar-refractivity contribution is 7.84. The third-order valence-electron chi connectivity index (χ3n) is 3.88. The standard InChI is InChI=1S/C21H21NO4S/c1-2-25-19-11-7-6-8-16(19)14-22-21(23)20-13-12-17(26-20)15-27(24)18-9-4-3-5-10-18/h3-13H,2,14-15H2,1H3,(H,22,23). The van der Waals surface area contributed by atoms with Crippen LogP contribution in [0.1, 0.15) is 28.8 Å². The number of nitrogens with one attached hydrogen (secondary N) is 1. The van der Waals surface area contributed by atoms with Gasteiger partial charge in [-0.1, -0.05) is 36.4 Å². The largest absolute Gasteiger partial charge is 0.494 e. The summed E-state index contributed by atoms with van der Waals surface area (Å²) in [6.07, 6.45) is 0. The number of hydrogen-bond acceptors (Lipinski definition) is 4. The van der Waals surface area contributed by atoms with E-state index >= 15 is 0 Å². The Bertz CT molecular complexity index is 921. The summed E-state index contributed by atoms with van der Waals surface area (Å²) in [5, 5.41) is 2.82. The highest BCUT2D eigenvalue weighted by atomic mass is 32.2. The predicted octanol–water partition coefficient (Wildman–Crippen LogP) is 3.92. The van der Waals surface area contributed by atoms with Crippen molar-refractivity contribution in [2.24, 2.45) is 0 Å². The number of ether oxygens (including phenoxy) is 1. The third kappa shape index (κ3) is 5.08. The minimum atomic E-state index is -1.22. The maximum Gasteiger partial charge on any atom is 0.287 e. The summed E-state index contributed by atoms with van der Waals surface area (Å²) in [5.41, 5.74) is 0.893. The van der Waals surface area contributed by atoms with Gasteiger partial charge in [-0.2, -0.15) is 0 Å². The number of carbonyl (C=O) groups excluding carboxylic acids is 1. The molecule has 3 aromatic rings. The smallest absolute Gasteiger partial charge is 0.287 e. The van der Waals surface area contributed by atoms with Crippen molar-refractivity contribution < 1.29 is 18.2 Å². The molecule has 1 atom stereocenters. The van der Waals surface area contributed by atoms with Gasteiger partial charge < -0.3 is 14.5 Å². The van der Waals surface area contributed by atoms with Gasteiger partial charge in [0.25, 0.3) is 5.91 Å². The van der Waals surface area contributed by atoms with Crippen LogP contribution in [0.15, 0.2) is 76.0 Å². The Morgan fingerprint density at radius 3 is 2.56 bits per heavy atom. The summed E-state index contributed by atoms with van der Waals surface area (Å²) >= 11 is 0. The van der Waals surface area contributed by atoms with Crippen LogP contribution in [0, 0.1) is 0 Å². The molecular weight excluding hydrogens is 362 g/mol. The number of carbonyl (C=O) groups is 1. The second-order valence-electron chi connectivity index (χ2n) is 5.79. The third-order valence-corrected chi connectivity index (χ3v) is 5.22. The average molecular weight is 383 g/mol. The molecule has 1 heterocycles. The molecule has 0 bridgehead atoms. The highest BCUT2D eigenvalue weighted by Crippen LogP contribution is 2.18. The molecule has 0 aliphatic rings. The van der Waals surface area contributed by atoms with Gasteiger partial charge in [-0.05, 0) is 37.3 Å². The summed E-state index contributed by atoms with van der Waals surface area (Å²) in [7, 11) is -1.22. The van der Waals surface area contributed by atoms with Crippen molar-refractivity contribution in [2.75, 3.05) is 6.61 Å². The normalized spacial score (nSPS) is 11.7. The molecule has 5 nitrogen and oxygen atoms in total. The fourth-order valence-corrected chi connectivity index (χ4v) is 3.61. The molecule has 0 fully saturated rings. The molecule has 0 saturated heterocycles. The molecule has 140 valence electrons. The van der Waals surface area contributed by atoms with Crippen LogP contribution in [0.4, 0.5) is 0 Å². The van der Waals surface area contributed by atoms with Gasteiger partial charge in [-0.15, -0.1) is 0 Å². The van der Waals surface area contributed by atoms with Gasteiger partial charge in [0.15, 0.2) is 5.76 Å². The SMILES string of the molecule is CCOc1ccccc1CNC(=O)c1ccc(CS(=O)c2ccccc2)o1. The van der Waals surface area contributed by atoms with Crippen LogP contribution in [0.2, 0.25) is 0 Å². The van der Waals surface area contributed by atoms with E-state index in [-0.39, 0.29) is 17.4 Å². The number of amides is 1. The van der Waals surface area contributed by atoms with Gasteiger partial charge in [0.1, 0.15) is 11.5 Å². The maximum atomic E-state index is 12.3. The molecular formula is C21H21NO4S. The van der Waals surface area contributed by atoms with Crippen LogP contribution in [0.5, 0.6) is 5.75 Å². The van der Waals surface area contributed by atoms with Gasteiger partial charge in [0.2, 0.25) is 0 Å². The second kappa shape index (κ2) is 9.19. The van der Waals surface area contributed by atoms with Gasteiger partial charge in [0.05, 0.1) is 23.2 Å². The molecule has 6 heteroatoms. The molecule has 2 aromatic carbocycles. The summed E-state index contributed by atoms with van der Waals surface area (Å²) in [6, 6.07) is 20.0. The highest BCUT2D eigenvalue weighted by Gasteiger charge is 2.14. The van der Waals surface area contributed by atoms with E-state index in [1.807, 2.05) is 61.5 Å². The number of benzene rings is 2. The van der Waals surface area contributed by atoms with E-state index in [1.54, 1.807) is 12.1 Å². The molecule has 0 saturated carbocycles. The number of hydrogen-bond donors (Lipinski definition) is 1. The lowest BCUT2D eigenvalue weighted by Gasteiger charge is -2.10. The topological polar surface area (TPSA) is 68.5 Å². The zero-order valence-electron chi connectivity index (χ0n) is 15.0. The lowest BCUT2D eigenvalue weighted by molar-refractivity contribution is 0.0921. The maximum absolute atomic E-state index is 12.3. The Labute approximate surface area is 160 Å². The summed E-state index contributed by atoms with van der Waals surface area (Å²) in [6.45, 7) is 2.81. The van der Waals surface area contributed by atoms with Crippen molar-refractivity contribution in [3.05, 3.63) is 83.8 Å². The minimum Gasteiger partial charge on any atom is -0.494 e. The molecule has 0 radical (unpaired) electrons. The Hall–Kier alpha value is -2.86. The molecule has 1 aromatic heterocycles. The number of rotatable bonds is 8. The first kappa shape index (κ1) is 18.9. The van der Waals surface area contributed by atoms with Crippen molar-refractivity contribution >= 4 is 16.7 Å². The van der Waals surface area contributed by atoms with Crippen LogP contribution in [-0.2, 0) is 23.1 Å². The Morgan fingerprint density at radius 1 is 1.04 bits per heavy atom. The Kier molecular flexibility index (Phi) is 6.44. The van der Waals surface area contributed by atoms with Crippen LogP contribution >= 0.6 is 0 Å². The average Bonchev–Trinajstić information content (AvgIpc) is 3.16. The molecule has 27 heavy (non-hydrogen) atoms. The van der Waals surface area contributed by atoms with Gasteiger partial charge in [-0.25, -0.2) is 0 Å². The second-order valence-corrected chi connectivity index (χ2v) is 7.24. The van der Waals surface area contributed by atoms with Gasteiger partial charge in [-0.3, -0.25) is 9.00 Å². The molecule has 1 N–H and O–H groups in total. The van der Waals surface area contributed by atoms with Crippen molar-refractivity contribution in [2.45, 2.75) is 24.1 Å². The molecule has 1 unspecified atom stereocenters. The van der Waals surface area contributed by atoms with E-state index in [4.69, 9.17) is 9.15 Å². The minimum absolute atomic E-state index is 0.198. The summed E-state index contributed by atoms with van der Waals surface area (Å²) < 4.78 is 23.5. The van der Waals surface area contributed by atoms with Crippen LogP contribution in [0.3, 0.4) is 0 Å². The number of para-hydroxylation sites is 1. The summed E-state index contributed by atoms with van der Waals surface area (Å²) in [5.74, 6) is 1.36. The van der Waals surface area contributed by atoms with E-state index in [0.717, 1.165) is 16.2 Å². The Balaban J connectivity index is 1.60. The fraction of sp³-hybridized carbons (Fsp3) is 0.190. The van der Waals surface area contributed by atoms with Gasteiger partial charge >= 0.3 is 0 Å². The van der Waals surface area contributed by atoms with Crippen LogP contribution in [0.25, 0.3) is 0 Å². The molecule has 3 rings (SSSR count). The predicted molar refractivity (Wildman–Crippen MR) is 104 cm³/mol. The molecule has 1 amide bonds. The fourth-order valence-electron chi connectivity index (χ4n) is 2.57. The monoisotopic (exact) mass is 383 g/mol. The van der Waals surface area contributed by atoms with Gasteiger partial charge in [0, 0.05) is 17.0 Å².